The molecule has 6 heteroatoms. The predicted octanol–water partition coefficient (Wildman–Crippen LogP) is -3.51. The second-order valence-corrected chi connectivity index (χ2v) is 4.05. The van der Waals surface area contributed by atoms with E-state index in [2.05, 4.69) is 0 Å². The first-order valence-electron chi connectivity index (χ1n) is 4.66. The van der Waals surface area contributed by atoms with Gasteiger partial charge in [-0.2, -0.15) is 0 Å². The minimum atomic E-state index is -1.25. The molecule has 82 valence electrons. The SMILES string of the molecule is O[C@@H]1[C@@H]2[C@@H](O)[C@H](O)[C@H](O)CN2C[C@@H]1O. The topological polar surface area (TPSA) is 104 Å². The average Bonchev–Trinajstić information content (AvgIpc) is 2.39. The van der Waals surface area contributed by atoms with Gasteiger partial charge in [0.05, 0.1) is 24.4 Å². The molecule has 0 aromatic rings. The number of aliphatic hydroxyl groups excluding tert-OH is 5. The van der Waals surface area contributed by atoms with Crippen molar-refractivity contribution in [3.63, 3.8) is 0 Å². The van der Waals surface area contributed by atoms with Gasteiger partial charge >= 0.3 is 0 Å². The lowest BCUT2D eigenvalue weighted by atomic mass is 9.93. The van der Waals surface area contributed by atoms with E-state index in [1.165, 1.54) is 0 Å². The number of aliphatic hydroxyl groups is 5. The molecule has 0 unspecified atom stereocenters. The van der Waals surface area contributed by atoms with Gasteiger partial charge in [0.1, 0.15) is 12.2 Å². The zero-order valence-electron chi connectivity index (χ0n) is 7.56. The Balaban J connectivity index is 2.18. The fourth-order valence-corrected chi connectivity index (χ4v) is 2.31. The van der Waals surface area contributed by atoms with E-state index in [-0.39, 0.29) is 13.1 Å². The van der Waals surface area contributed by atoms with E-state index in [1.807, 2.05) is 0 Å². The summed E-state index contributed by atoms with van der Waals surface area (Å²) in [6.07, 6.45) is -5.49. The highest BCUT2D eigenvalue weighted by atomic mass is 16.4. The van der Waals surface area contributed by atoms with Crippen LogP contribution in [0.25, 0.3) is 0 Å². The Kier molecular flexibility index (Phi) is 2.50. The number of nitrogens with zero attached hydrogens (tertiary/aromatic N) is 1. The van der Waals surface area contributed by atoms with Gasteiger partial charge in [-0.3, -0.25) is 4.90 Å². The number of rotatable bonds is 0. The number of fused-ring (bicyclic) bond motifs is 1. The maximum absolute atomic E-state index is 9.58. The normalized spacial score (nSPS) is 54.6. The Labute approximate surface area is 81.0 Å². The van der Waals surface area contributed by atoms with Crippen molar-refractivity contribution in [1.29, 1.82) is 0 Å². The summed E-state index contributed by atoms with van der Waals surface area (Å²) < 4.78 is 0. The van der Waals surface area contributed by atoms with Gasteiger partial charge in [0.2, 0.25) is 0 Å². The van der Waals surface area contributed by atoms with E-state index >= 15 is 0 Å². The van der Waals surface area contributed by atoms with Gasteiger partial charge in [-0.25, -0.2) is 0 Å². The Morgan fingerprint density at radius 1 is 0.714 bits per heavy atom. The third-order valence-electron chi connectivity index (χ3n) is 3.10. The van der Waals surface area contributed by atoms with Crippen molar-refractivity contribution in [2.24, 2.45) is 0 Å². The van der Waals surface area contributed by atoms with Gasteiger partial charge in [0, 0.05) is 13.1 Å². The molecule has 0 aromatic heterocycles. The molecule has 0 spiro atoms. The summed E-state index contributed by atoms with van der Waals surface area (Å²) in [5.74, 6) is 0. The molecule has 0 aromatic carbocycles. The van der Waals surface area contributed by atoms with Crippen molar-refractivity contribution >= 4 is 0 Å². The second kappa shape index (κ2) is 3.41. The van der Waals surface area contributed by atoms with Crippen LogP contribution in [0.15, 0.2) is 0 Å². The van der Waals surface area contributed by atoms with Gasteiger partial charge in [-0.15, -0.1) is 0 Å². The fraction of sp³-hybridized carbons (Fsp3) is 1.00. The Morgan fingerprint density at radius 2 is 1.21 bits per heavy atom. The summed E-state index contributed by atoms with van der Waals surface area (Å²) in [5, 5.41) is 47.2. The monoisotopic (exact) mass is 205 g/mol. The van der Waals surface area contributed by atoms with Crippen LogP contribution in [0.3, 0.4) is 0 Å². The van der Waals surface area contributed by atoms with Crippen LogP contribution >= 0.6 is 0 Å². The molecular formula is C8H15NO5. The quantitative estimate of drug-likeness (QED) is 0.281. The lowest BCUT2D eigenvalue weighted by Gasteiger charge is -2.40. The van der Waals surface area contributed by atoms with Crippen molar-refractivity contribution in [2.75, 3.05) is 13.1 Å². The molecule has 2 rings (SSSR count). The van der Waals surface area contributed by atoms with Crippen molar-refractivity contribution in [3.8, 4) is 0 Å². The molecule has 0 radical (unpaired) electrons. The van der Waals surface area contributed by atoms with Crippen molar-refractivity contribution in [1.82, 2.24) is 4.90 Å². The van der Waals surface area contributed by atoms with E-state index < -0.39 is 36.6 Å². The molecule has 5 N–H and O–H groups in total. The highest BCUT2D eigenvalue weighted by molar-refractivity contribution is 5.04. The first-order valence-corrected chi connectivity index (χ1v) is 4.66. The van der Waals surface area contributed by atoms with Crippen LogP contribution in [0.5, 0.6) is 0 Å². The second-order valence-electron chi connectivity index (χ2n) is 4.05. The first-order chi connectivity index (χ1) is 6.52. The van der Waals surface area contributed by atoms with Gasteiger partial charge in [-0.1, -0.05) is 0 Å². The van der Waals surface area contributed by atoms with Crippen LogP contribution in [0.1, 0.15) is 0 Å². The van der Waals surface area contributed by atoms with E-state index in [0.29, 0.717) is 0 Å². The fourth-order valence-electron chi connectivity index (χ4n) is 2.31. The van der Waals surface area contributed by atoms with E-state index in [1.54, 1.807) is 4.90 Å². The van der Waals surface area contributed by atoms with Crippen molar-refractivity contribution in [2.45, 2.75) is 36.6 Å². The molecular weight excluding hydrogens is 190 g/mol. The zero-order chi connectivity index (χ0) is 10.5. The summed E-state index contributed by atoms with van der Waals surface area (Å²) in [6.45, 7) is 0.379. The van der Waals surface area contributed by atoms with Gasteiger partial charge in [-0.05, 0) is 0 Å². The standard InChI is InChI=1S/C8H15NO5/c10-3-1-9-2-4(11)7(13)8(14)5(9)6(3)12/h3-8,10-14H,1-2H2/t3-,4+,5+,6-,7+,8+/m0/s1. The van der Waals surface area contributed by atoms with Crippen molar-refractivity contribution < 1.29 is 25.5 Å². The molecule has 2 saturated heterocycles. The van der Waals surface area contributed by atoms with Crippen LogP contribution in [-0.2, 0) is 0 Å². The molecule has 0 amide bonds. The predicted molar refractivity (Wildman–Crippen MR) is 45.4 cm³/mol. The molecule has 6 nitrogen and oxygen atoms in total. The number of hydrogen-bond acceptors (Lipinski definition) is 6. The third kappa shape index (κ3) is 1.35. The Morgan fingerprint density at radius 3 is 1.79 bits per heavy atom. The Bertz CT molecular complexity index is 224. The van der Waals surface area contributed by atoms with Crippen LogP contribution in [0.4, 0.5) is 0 Å². The van der Waals surface area contributed by atoms with Gasteiger partial charge < -0.3 is 25.5 Å². The maximum Gasteiger partial charge on any atom is 0.109 e. The molecule has 2 fully saturated rings. The molecule has 0 aliphatic carbocycles. The molecule has 14 heavy (non-hydrogen) atoms. The minimum absolute atomic E-state index is 0.164. The summed E-state index contributed by atoms with van der Waals surface area (Å²) in [7, 11) is 0. The molecule has 0 bridgehead atoms. The lowest BCUT2D eigenvalue weighted by molar-refractivity contribution is -0.142. The third-order valence-corrected chi connectivity index (χ3v) is 3.10. The van der Waals surface area contributed by atoms with Gasteiger partial charge in [0.15, 0.2) is 0 Å². The molecule has 2 heterocycles. The van der Waals surface area contributed by atoms with E-state index in [4.69, 9.17) is 0 Å². The molecule has 2 aliphatic rings. The summed E-state index contributed by atoms with van der Waals surface area (Å²) in [5.41, 5.74) is 0. The van der Waals surface area contributed by atoms with Crippen LogP contribution in [-0.4, -0.2) is 80.1 Å². The lowest BCUT2D eigenvalue weighted by Crippen LogP contribution is -2.61. The highest BCUT2D eigenvalue weighted by Crippen LogP contribution is 2.28. The summed E-state index contributed by atoms with van der Waals surface area (Å²) in [6, 6.07) is -0.677. The van der Waals surface area contributed by atoms with Crippen molar-refractivity contribution in [3.05, 3.63) is 0 Å². The van der Waals surface area contributed by atoms with E-state index in [0.717, 1.165) is 0 Å². The molecule has 0 saturated carbocycles. The van der Waals surface area contributed by atoms with Crippen LogP contribution in [0.2, 0.25) is 0 Å². The Hall–Kier alpha value is -0.240. The zero-order valence-corrected chi connectivity index (χ0v) is 7.56. The highest BCUT2D eigenvalue weighted by Gasteiger charge is 2.51. The molecule has 2 aliphatic heterocycles. The average molecular weight is 205 g/mol. The molecule has 6 atom stereocenters. The largest absolute Gasteiger partial charge is 0.389 e. The minimum Gasteiger partial charge on any atom is -0.389 e. The summed E-state index contributed by atoms with van der Waals surface area (Å²) in [4.78, 5) is 1.59. The van der Waals surface area contributed by atoms with Gasteiger partial charge in [0.25, 0.3) is 0 Å². The number of piperidine rings is 1. The van der Waals surface area contributed by atoms with E-state index in [9.17, 15) is 25.5 Å². The van der Waals surface area contributed by atoms with Crippen LogP contribution in [0, 0.1) is 0 Å². The first kappa shape index (κ1) is 10.3. The maximum atomic E-state index is 9.58. The number of hydrogen-bond donors (Lipinski definition) is 5. The smallest absolute Gasteiger partial charge is 0.109 e. The van der Waals surface area contributed by atoms with Crippen LogP contribution < -0.4 is 0 Å². The summed E-state index contributed by atoms with van der Waals surface area (Å²) >= 11 is 0.